The monoisotopic (exact) mass is 331 g/mol. The fourth-order valence-electron chi connectivity index (χ4n) is 2.80. The highest BCUT2D eigenvalue weighted by Crippen LogP contribution is 2.33. The molecule has 1 saturated heterocycles. The number of carbonyl (C=O) groups excluding carboxylic acids is 1. The molecule has 1 N–H and O–H groups in total. The molecule has 6 heteroatoms. The summed E-state index contributed by atoms with van der Waals surface area (Å²) in [4.78, 5) is 14.2. The predicted octanol–water partition coefficient (Wildman–Crippen LogP) is 2.75. The van der Waals surface area contributed by atoms with Gasteiger partial charge in [-0.3, -0.25) is 4.79 Å². The second kappa shape index (κ2) is 5.41. The number of carbonyl (C=O) groups is 1. The number of hydrogen-bond donors (Lipinski definition) is 1. The van der Waals surface area contributed by atoms with Gasteiger partial charge < -0.3 is 10.0 Å². The summed E-state index contributed by atoms with van der Waals surface area (Å²) in [7, 11) is 0. The molecule has 1 aromatic carbocycles. The Morgan fingerprint density at radius 3 is 2.90 bits per heavy atom. The van der Waals surface area contributed by atoms with Gasteiger partial charge in [-0.1, -0.05) is 23.2 Å². The molecule has 0 saturated carbocycles. The maximum atomic E-state index is 12.5. The molecule has 3 nitrogen and oxygen atoms in total. The molecule has 1 aromatic rings. The lowest BCUT2D eigenvalue weighted by Gasteiger charge is -2.34. The van der Waals surface area contributed by atoms with Gasteiger partial charge in [-0.25, -0.2) is 0 Å². The number of thioether (sulfide) groups is 1. The number of aliphatic hydroxyl groups is 1. The van der Waals surface area contributed by atoms with Crippen LogP contribution in [0.3, 0.4) is 0 Å². The van der Waals surface area contributed by atoms with E-state index in [4.69, 9.17) is 23.2 Å². The summed E-state index contributed by atoms with van der Waals surface area (Å²) in [6.45, 7) is 1.07. The smallest absolute Gasteiger partial charge is 0.255 e. The highest BCUT2D eigenvalue weighted by Gasteiger charge is 2.42. The number of halogens is 2. The summed E-state index contributed by atoms with van der Waals surface area (Å²) in [6.07, 6.45) is 1.25. The van der Waals surface area contributed by atoms with Crippen LogP contribution >= 0.6 is 35.0 Å². The molecule has 2 aliphatic rings. The van der Waals surface area contributed by atoms with Crippen LogP contribution in [0, 0.1) is 0 Å². The number of fused-ring (bicyclic) bond motifs is 1. The maximum absolute atomic E-state index is 12.5. The van der Waals surface area contributed by atoms with Crippen LogP contribution in [-0.4, -0.2) is 39.6 Å². The summed E-state index contributed by atoms with van der Waals surface area (Å²) < 4.78 is 0. The largest absolute Gasteiger partial charge is 0.379 e. The van der Waals surface area contributed by atoms with Gasteiger partial charge in [-0.05, 0) is 41.9 Å². The Hall–Kier alpha value is -0.420. The highest BCUT2D eigenvalue weighted by atomic mass is 35.5. The third kappa shape index (κ3) is 2.54. The van der Waals surface area contributed by atoms with E-state index in [9.17, 15) is 9.90 Å². The Labute approximate surface area is 132 Å². The maximum Gasteiger partial charge on any atom is 0.255 e. The van der Waals surface area contributed by atoms with Crippen molar-refractivity contribution in [3.63, 3.8) is 0 Å². The van der Waals surface area contributed by atoms with Crippen LogP contribution in [0.25, 0.3) is 0 Å². The molecule has 2 heterocycles. The van der Waals surface area contributed by atoms with Crippen molar-refractivity contribution in [2.45, 2.75) is 25.0 Å². The van der Waals surface area contributed by atoms with Crippen molar-refractivity contribution in [1.29, 1.82) is 0 Å². The Kier molecular flexibility index (Phi) is 3.93. The minimum absolute atomic E-state index is 0.163. The zero-order valence-corrected chi connectivity index (χ0v) is 13.2. The SMILES string of the molecule is O=C(N1CCc2c(Cl)cc(Cl)cc2C1)C1(O)CCSC1. The van der Waals surface area contributed by atoms with Crippen molar-refractivity contribution in [2.75, 3.05) is 18.1 Å². The van der Waals surface area contributed by atoms with E-state index in [0.717, 1.165) is 16.9 Å². The lowest BCUT2D eigenvalue weighted by molar-refractivity contribution is -0.149. The molecule has 1 amide bonds. The molecule has 0 spiro atoms. The first kappa shape index (κ1) is 14.5. The lowest BCUT2D eigenvalue weighted by atomic mass is 9.96. The predicted molar refractivity (Wildman–Crippen MR) is 82.5 cm³/mol. The molecule has 0 radical (unpaired) electrons. The number of rotatable bonds is 1. The lowest BCUT2D eigenvalue weighted by Crippen LogP contribution is -2.50. The normalized spacial score (nSPS) is 25.6. The Bertz CT molecular complexity index is 558. The molecule has 108 valence electrons. The van der Waals surface area contributed by atoms with Crippen molar-refractivity contribution >= 4 is 40.9 Å². The molecule has 1 fully saturated rings. The molecule has 1 atom stereocenters. The van der Waals surface area contributed by atoms with Gasteiger partial charge in [0.2, 0.25) is 0 Å². The molecule has 1 unspecified atom stereocenters. The Balaban J connectivity index is 1.83. The zero-order chi connectivity index (χ0) is 14.3. The van der Waals surface area contributed by atoms with Crippen LogP contribution in [0.2, 0.25) is 10.0 Å². The summed E-state index contributed by atoms with van der Waals surface area (Å²) in [5.74, 6) is 1.17. The van der Waals surface area contributed by atoms with Gasteiger partial charge >= 0.3 is 0 Å². The second-order valence-corrected chi connectivity index (χ2v) is 7.28. The van der Waals surface area contributed by atoms with Crippen molar-refractivity contribution in [3.05, 3.63) is 33.3 Å². The van der Waals surface area contributed by atoms with Crippen LogP contribution in [-0.2, 0) is 17.8 Å². The first-order valence-electron chi connectivity index (χ1n) is 6.56. The van der Waals surface area contributed by atoms with E-state index in [-0.39, 0.29) is 5.91 Å². The van der Waals surface area contributed by atoms with Crippen molar-refractivity contribution in [1.82, 2.24) is 4.90 Å². The molecule has 20 heavy (non-hydrogen) atoms. The molecular formula is C14H15Cl2NO2S. The quantitative estimate of drug-likeness (QED) is 0.860. The van der Waals surface area contributed by atoms with Crippen LogP contribution < -0.4 is 0 Å². The Morgan fingerprint density at radius 1 is 1.40 bits per heavy atom. The molecule has 2 aliphatic heterocycles. The van der Waals surface area contributed by atoms with Crippen molar-refractivity contribution in [2.24, 2.45) is 0 Å². The van der Waals surface area contributed by atoms with Gasteiger partial charge in [0.15, 0.2) is 5.60 Å². The van der Waals surface area contributed by atoms with Gasteiger partial charge in [0.05, 0.1) is 0 Å². The van der Waals surface area contributed by atoms with Gasteiger partial charge in [0.25, 0.3) is 5.91 Å². The third-order valence-electron chi connectivity index (χ3n) is 3.93. The summed E-state index contributed by atoms with van der Waals surface area (Å²) >= 11 is 13.8. The summed E-state index contributed by atoms with van der Waals surface area (Å²) in [6, 6.07) is 3.59. The number of hydrogen-bond acceptors (Lipinski definition) is 3. The van der Waals surface area contributed by atoms with Gasteiger partial charge in [0, 0.05) is 28.9 Å². The van der Waals surface area contributed by atoms with Gasteiger partial charge in [-0.2, -0.15) is 11.8 Å². The molecule has 0 aliphatic carbocycles. The van der Waals surface area contributed by atoms with E-state index in [0.29, 0.717) is 41.7 Å². The van der Waals surface area contributed by atoms with E-state index in [2.05, 4.69) is 0 Å². The van der Waals surface area contributed by atoms with Crippen LogP contribution in [0.15, 0.2) is 12.1 Å². The van der Waals surface area contributed by atoms with E-state index >= 15 is 0 Å². The summed E-state index contributed by atoms with van der Waals surface area (Å²) in [5, 5.41) is 11.6. The van der Waals surface area contributed by atoms with E-state index in [1.807, 2.05) is 6.07 Å². The molecule has 0 bridgehead atoms. The van der Waals surface area contributed by atoms with Crippen molar-refractivity contribution < 1.29 is 9.90 Å². The first-order valence-corrected chi connectivity index (χ1v) is 8.47. The minimum Gasteiger partial charge on any atom is -0.379 e. The number of nitrogens with zero attached hydrogens (tertiary/aromatic N) is 1. The Morgan fingerprint density at radius 2 is 2.20 bits per heavy atom. The minimum atomic E-state index is -1.19. The molecule has 0 aromatic heterocycles. The topological polar surface area (TPSA) is 40.5 Å². The van der Waals surface area contributed by atoms with Crippen LogP contribution in [0.1, 0.15) is 17.5 Å². The van der Waals surface area contributed by atoms with E-state index in [1.54, 1.807) is 22.7 Å². The first-order chi connectivity index (χ1) is 9.49. The fraction of sp³-hybridized carbons (Fsp3) is 0.500. The number of benzene rings is 1. The molecule has 3 rings (SSSR count). The van der Waals surface area contributed by atoms with Crippen LogP contribution in [0.4, 0.5) is 0 Å². The third-order valence-corrected chi connectivity index (χ3v) is 5.66. The zero-order valence-electron chi connectivity index (χ0n) is 10.9. The molecular weight excluding hydrogens is 317 g/mol. The van der Waals surface area contributed by atoms with Gasteiger partial charge in [0.1, 0.15) is 0 Å². The average molecular weight is 332 g/mol. The van der Waals surface area contributed by atoms with E-state index in [1.165, 1.54) is 0 Å². The standard InChI is InChI=1S/C14H15Cl2NO2S/c15-10-5-9-7-17(3-1-11(9)12(16)6-10)13(18)14(19)2-4-20-8-14/h5-6,19H,1-4,7-8H2. The fourth-order valence-corrected chi connectivity index (χ4v) is 4.66. The average Bonchev–Trinajstić information content (AvgIpc) is 2.85. The second-order valence-electron chi connectivity index (χ2n) is 5.34. The van der Waals surface area contributed by atoms with Crippen molar-refractivity contribution in [3.8, 4) is 0 Å². The highest BCUT2D eigenvalue weighted by molar-refractivity contribution is 7.99. The number of amides is 1. The van der Waals surface area contributed by atoms with E-state index < -0.39 is 5.60 Å². The summed E-state index contributed by atoms with van der Waals surface area (Å²) in [5.41, 5.74) is 0.856. The van der Waals surface area contributed by atoms with Crippen LogP contribution in [0.5, 0.6) is 0 Å². The van der Waals surface area contributed by atoms with Gasteiger partial charge in [-0.15, -0.1) is 0 Å².